The number of nitrogens with one attached hydrogen (secondary N) is 1. The second kappa shape index (κ2) is 5.79. The zero-order valence-corrected chi connectivity index (χ0v) is 11.2. The van der Waals surface area contributed by atoms with Gasteiger partial charge in [-0.3, -0.25) is 18.9 Å². The Bertz CT molecular complexity index is 668. The molecule has 0 saturated carbocycles. The summed E-state index contributed by atoms with van der Waals surface area (Å²) in [6.07, 6.45) is -5.91. The number of phosphoric acid groups is 1. The third-order valence-electron chi connectivity index (χ3n) is 2.83. The third kappa shape index (κ3) is 3.46. The summed E-state index contributed by atoms with van der Waals surface area (Å²) in [6.45, 7) is -0.778. The highest BCUT2D eigenvalue weighted by molar-refractivity contribution is 7.46. The van der Waals surface area contributed by atoms with Crippen LogP contribution in [0.2, 0.25) is 0 Å². The summed E-state index contributed by atoms with van der Waals surface area (Å²) in [5.74, 6) is 0. The van der Waals surface area contributed by atoms with Crippen LogP contribution >= 0.6 is 7.82 Å². The molecule has 1 saturated heterocycles. The number of nitrogens with zero attached hydrogens (tertiary/aromatic N) is 1. The van der Waals surface area contributed by atoms with Gasteiger partial charge in [0.25, 0.3) is 5.56 Å². The fourth-order valence-electron chi connectivity index (χ4n) is 1.98. The number of halogens is 1. The predicted octanol–water partition coefficient (Wildman–Crippen LogP) is -1.76. The van der Waals surface area contributed by atoms with E-state index in [9.17, 15) is 18.5 Å². The second-order valence-corrected chi connectivity index (χ2v) is 5.46. The van der Waals surface area contributed by atoms with Crippen molar-refractivity contribution < 1.29 is 33.1 Å². The quantitative estimate of drug-likeness (QED) is 0.475. The molecular formula is C9H12FN2O8P. The van der Waals surface area contributed by atoms with Gasteiger partial charge in [0.05, 0.1) is 6.61 Å². The molecule has 4 atom stereocenters. The molecule has 4 N–H and O–H groups in total. The van der Waals surface area contributed by atoms with Crippen LogP contribution in [0.25, 0.3) is 0 Å². The molecule has 118 valence electrons. The zero-order valence-electron chi connectivity index (χ0n) is 10.3. The first-order valence-corrected chi connectivity index (χ1v) is 7.22. The number of aromatic nitrogens is 2. The number of H-pyrrole nitrogens is 1. The number of aliphatic hydroxyl groups excluding tert-OH is 1. The molecule has 21 heavy (non-hydrogen) atoms. The van der Waals surface area contributed by atoms with Gasteiger partial charge in [-0.25, -0.2) is 13.8 Å². The predicted molar refractivity (Wildman–Crippen MR) is 64.1 cm³/mol. The maximum absolute atomic E-state index is 14.2. The van der Waals surface area contributed by atoms with E-state index in [1.54, 1.807) is 0 Å². The first kappa shape index (κ1) is 16.0. The van der Waals surface area contributed by atoms with Gasteiger partial charge in [-0.1, -0.05) is 0 Å². The highest BCUT2D eigenvalue weighted by Gasteiger charge is 2.49. The van der Waals surface area contributed by atoms with Gasteiger partial charge in [0.1, 0.15) is 12.2 Å². The minimum Gasteiger partial charge on any atom is -0.394 e. The van der Waals surface area contributed by atoms with E-state index in [1.165, 1.54) is 0 Å². The van der Waals surface area contributed by atoms with Gasteiger partial charge in [0.2, 0.25) is 0 Å². The van der Waals surface area contributed by atoms with E-state index in [1.807, 2.05) is 4.98 Å². The molecule has 1 aliphatic heterocycles. The SMILES string of the molecule is O=c1ccn([C@@H]2O[C@@H](CO)[C@H](OP(=O)(O)O)[C@@H]2F)c(=O)[nH]1. The molecule has 0 unspecified atom stereocenters. The van der Waals surface area contributed by atoms with E-state index in [2.05, 4.69) is 4.52 Å². The van der Waals surface area contributed by atoms with Crippen LogP contribution in [0.15, 0.2) is 21.9 Å². The lowest BCUT2D eigenvalue weighted by Crippen LogP contribution is -2.36. The number of rotatable bonds is 4. The summed E-state index contributed by atoms with van der Waals surface area (Å²) in [6, 6.07) is 0.947. The maximum Gasteiger partial charge on any atom is 0.470 e. The average molecular weight is 326 g/mol. The van der Waals surface area contributed by atoms with Crippen molar-refractivity contribution in [2.45, 2.75) is 24.6 Å². The largest absolute Gasteiger partial charge is 0.470 e. The van der Waals surface area contributed by atoms with Crippen LogP contribution in [0.5, 0.6) is 0 Å². The van der Waals surface area contributed by atoms with E-state index in [4.69, 9.17) is 19.6 Å². The van der Waals surface area contributed by atoms with Crippen LogP contribution in [-0.2, 0) is 13.8 Å². The maximum atomic E-state index is 14.2. The number of hydrogen-bond acceptors (Lipinski definition) is 6. The molecule has 1 aliphatic rings. The molecule has 0 bridgehead atoms. The third-order valence-corrected chi connectivity index (χ3v) is 3.35. The Hall–Kier alpha value is -1.36. The van der Waals surface area contributed by atoms with Gasteiger partial charge in [0, 0.05) is 12.3 Å². The fourth-order valence-corrected chi connectivity index (χ4v) is 2.55. The number of alkyl halides is 1. The first-order valence-electron chi connectivity index (χ1n) is 5.69. The van der Waals surface area contributed by atoms with Crippen molar-refractivity contribution in [1.29, 1.82) is 0 Å². The topological polar surface area (TPSA) is 151 Å². The molecule has 1 fully saturated rings. The summed E-state index contributed by atoms with van der Waals surface area (Å²) in [4.78, 5) is 41.8. The number of phosphoric ester groups is 1. The van der Waals surface area contributed by atoms with E-state index in [-0.39, 0.29) is 0 Å². The molecule has 2 rings (SSSR count). The van der Waals surface area contributed by atoms with E-state index in [0.717, 1.165) is 12.3 Å². The minimum absolute atomic E-state index is 0.692. The molecule has 0 aliphatic carbocycles. The summed E-state index contributed by atoms with van der Waals surface area (Å²) in [5.41, 5.74) is -1.67. The van der Waals surface area contributed by atoms with Crippen LogP contribution in [-0.4, -0.2) is 49.4 Å². The van der Waals surface area contributed by atoms with E-state index >= 15 is 0 Å². The Labute approximate surface area is 116 Å². The minimum atomic E-state index is -5.02. The smallest absolute Gasteiger partial charge is 0.394 e. The van der Waals surface area contributed by atoms with Crippen LogP contribution in [0.1, 0.15) is 6.23 Å². The molecule has 0 amide bonds. The van der Waals surface area contributed by atoms with Gasteiger partial charge >= 0.3 is 13.5 Å². The van der Waals surface area contributed by atoms with Gasteiger partial charge in [-0.05, 0) is 0 Å². The van der Waals surface area contributed by atoms with E-state index in [0.29, 0.717) is 4.57 Å². The van der Waals surface area contributed by atoms with Gasteiger partial charge in [-0.15, -0.1) is 0 Å². The molecule has 0 spiro atoms. The number of aliphatic hydroxyl groups is 1. The molecule has 2 heterocycles. The van der Waals surface area contributed by atoms with Crippen molar-refractivity contribution >= 4 is 7.82 Å². The summed E-state index contributed by atoms with van der Waals surface area (Å²) in [7, 11) is -5.02. The summed E-state index contributed by atoms with van der Waals surface area (Å²) in [5, 5.41) is 9.06. The number of ether oxygens (including phenoxy) is 1. The van der Waals surface area contributed by atoms with Gasteiger partial charge in [-0.2, -0.15) is 0 Å². The Balaban J connectivity index is 2.33. The summed E-state index contributed by atoms with van der Waals surface area (Å²) >= 11 is 0. The van der Waals surface area contributed by atoms with Crippen LogP contribution in [0.4, 0.5) is 4.39 Å². The van der Waals surface area contributed by atoms with Crippen molar-refractivity contribution in [3.05, 3.63) is 33.1 Å². The fraction of sp³-hybridized carbons (Fsp3) is 0.556. The highest BCUT2D eigenvalue weighted by Crippen LogP contribution is 2.44. The van der Waals surface area contributed by atoms with Crippen molar-refractivity contribution in [3.63, 3.8) is 0 Å². The van der Waals surface area contributed by atoms with Crippen molar-refractivity contribution in [2.24, 2.45) is 0 Å². The van der Waals surface area contributed by atoms with Crippen molar-refractivity contribution in [2.75, 3.05) is 6.61 Å². The lowest BCUT2D eigenvalue weighted by atomic mass is 10.1. The van der Waals surface area contributed by atoms with Crippen LogP contribution < -0.4 is 11.2 Å². The standard InChI is InChI=1S/C9H12FN2O8P/c10-6-7(20-21(16,17)18)4(3-13)19-8(6)12-2-1-5(14)11-9(12)15/h1-2,4,6-8,13H,3H2,(H,11,14,15)(H2,16,17,18)/t4-,6-,7-,8+/m0/s1. The summed E-state index contributed by atoms with van der Waals surface area (Å²) < 4.78 is 35.0. The Morgan fingerprint density at radius 1 is 1.48 bits per heavy atom. The number of hydrogen-bond donors (Lipinski definition) is 4. The molecule has 0 radical (unpaired) electrons. The average Bonchev–Trinajstić information content (AvgIpc) is 2.65. The lowest BCUT2D eigenvalue weighted by molar-refractivity contribution is -0.0487. The monoisotopic (exact) mass is 326 g/mol. The Morgan fingerprint density at radius 2 is 2.14 bits per heavy atom. The molecular weight excluding hydrogens is 314 g/mol. The van der Waals surface area contributed by atoms with Crippen LogP contribution in [0.3, 0.4) is 0 Å². The number of aromatic amines is 1. The second-order valence-electron chi connectivity index (χ2n) is 4.27. The van der Waals surface area contributed by atoms with Gasteiger partial charge < -0.3 is 19.6 Å². The normalized spacial score (nSPS) is 29.7. The van der Waals surface area contributed by atoms with Crippen molar-refractivity contribution in [3.8, 4) is 0 Å². The Kier molecular flexibility index (Phi) is 4.42. The molecule has 10 nitrogen and oxygen atoms in total. The van der Waals surface area contributed by atoms with Gasteiger partial charge in [0.15, 0.2) is 12.4 Å². The molecule has 12 heteroatoms. The lowest BCUT2D eigenvalue weighted by Gasteiger charge is -2.18. The van der Waals surface area contributed by atoms with Crippen molar-refractivity contribution in [1.82, 2.24) is 9.55 Å². The van der Waals surface area contributed by atoms with E-state index < -0.39 is 50.3 Å². The first-order chi connectivity index (χ1) is 9.73. The molecule has 1 aromatic rings. The molecule has 1 aromatic heterocycles. The van der Waals surface area contributed by atoms with Crippen LogP contribution in [0, 0.1) is 0 Å². The highest BCUT2D eigenvalue weighted by atomic mass is 31.2. The Morgan fingerprint density at radius 3 is 2.67 bits per heavy atom. The molecule has 0 aromatic carbocycles. The zero-order chi connectivity index (χ0) is 15.8.